The Labute approximate surface area is 160 Å². The molecule has 1 aliphatic carbocycles. The number of H-pyrrole nitrogens is 1. The van der Waals surface area contributed by atoms with E-state index in [1.165, 1.54) is 43.2 Å². The second-order valence-corrected chi connectivity index (χ2v) is 6.70. The van der Waals surface area contributed by atoms with Gasteiger partial charge in [-0.05, 0) is 29.2 Å². The Bertz CT molecular complexity index is 768. The summed E-state index contributed by atoms with van der Waals surface area (Å²) < 4.78 is 0. The molecule has 3 aromatic rings. The zero-order valence-corrected chi connectivity index (χ0v) is 15.5. The number of rotatable bonds is 5. The lowest BCUT2D eigenvalue weighted by Crippen LogP contribution is -2.35. The van der Waals surface area contributed by atoms with Gasteiger partial charge in [-0.25, -0.2) is 0 Å². The molecule has 26 heavy (non-hydrogen) atoms. The summed E-state index contributed by atoms with van der Waals surface area (Å²) in [5, 5.41) is 18.1. The fourth-order valence-electron chi connectivity index (χ4n) is 3.64. The lowest BCUT2D eigenvalue weighted by atomic mass is 9.91. The van der Waals surface area contributed by atoms with E-state index in [0.29, 0.717) is 11.9 Å². The molecule has 0 amide bonds. The Morgan fingerprint density at radius 2 is 1.58 bits per heavy atom. The molecular formula is C20H24ClN5. The fourth-order valence-corrected chi connectivity index (χ4v) is 3.64. The zero-order chi connectivity index (χ0) is 16.9. The molecule has 0 bridgehead atoms. The molecule has 5 nitrogen and oxygen atoms in total. The van der Waals surface area contributed by atoms with Crippen LogP contribution in [0.1, 0.15) is 49.3 Å². The minimum absolute atomic E-state index is 0. The van der Waals surface area contributed by atoms with E-state index >= 15 is 0 Å². The van der Waals surface area contributed by atoms with E-state index < -0.39 is 0 Å². The molecule has 4 rings (SSSR count). The summed E-state index contributed by atoms with van der Waals surface area (Å²) >= 11 is 0. The molecule has 2 aromatic carbocycles. The number of benzene rings is 2. The van der Waals surface area contributed by atoms with E-state index in [-0.39, 0.29) is 18.4 Å². The summed E-state index contributed by atoms with van der Waals surface area (Å²) in [5.74, 6) is 0.628. The van der Waals surface area contributed by atoms with Gasteiger partial charge in [0.1, 0.15) is 0 Å². The lowest BCUT2D eigenvalue weighted by molar-refractivity contribution is 0.354. The summed E-state index contributed by atoms with van der Waals surface area (Å²) in [4.78, 5) is 0. The summed E-state index contributed by atoms with van der Waals surface area (Å²) in [5.41, 5.74) is 3.55. The van der Waals surface area contributed by atoms with Crippen LogP contribution >= 0.6 is 12.4 Å². The normalized spacial score (nSPS) is 16.0. The topological polar surface area (TPSA) is 66.5 Å². The highest BCUT2D eigenvalue weighted by molar-refractivity contribution is 5.85. The maximum Gasteiger partial charge on any atom is 0.204 e. The molecule has 0 radical (unpaired) electrons. The molecule has 0 spiro atoms. The van der Waals surface area contributed by atoms with E-state index in [9.17, 15) is 0 Å². The van der Waals surface area contributed by atoms with Crippen molar-refractivity contribution in [1.29, 1.82) is 0 Å². The van der Waals surface area contributed by atoms with Crippen LogP contribution < -0.4 is 5.32 Å². The highest BCUT2D eigenvalue weighted by Gasteiger charge is 2.20. The SMILES string of the molecule is Cl.c1ccc(C(NC2CCCCC2)c2ccc(-c3nn[nH]n3)cc2)cc1. The molecule has 1 heterocycles. The number of nitrogens with zero attached hydrogens (tertiary/aromatic N) is 3. The monoisotopic (exact) mass is 369 g/mol. The van der Waals surface area contributed by atoms with Gasteiger partial charge in [0.15, 0.2) is 0 Å². The van der Waals surface area contributed by atoms with E-state index in [4.69, 9.17) is 0 Å². The maximum atomic E-state index is 4.05. The predicted octanol–water partition coefficient (Wildman–Crippen LogP) is 4.30. The highest BCUT2D eigenvalue weighted by Crippen LogP contribution is 2.27. The Morgan fingerprint density at radius 3 is 2.23 bits per heavy atom. The smallest absolute Gasteiger partial charge is 0.204 e. The number of halogens is 1. The predicted molar refractivity (Wildman–Crippen MR) is 105 cm³/mol. The Kier molecular flexibility index (Phi) is 6.36. The maximum absolute atomic E-state index is 4.05. The third-order valence-corrected chi connectivity index (χ3v) is 4.99. The standard InChI is InChI=1S/C20H23N5.ClH/c1-3-7-15(8-4-1)19(21-18-9-5-2-6-10-18)16-11-13-17(14-12-16)20-22-24-25-23-20;/h1,3-4,7-8,11-14,18-19,21H,2,5-6,9-10H2,(H,22,23,24,25);1H. The summed E-state index contributed by atoms with van der Waals surface area (Å²) in [6.07, 6.45) is 6.56. The molecule has 1 aromatic heterocycles. The molecule has 1 aliphatic rings. The van der Waals surface area contributed by atoms with Gasteiger partial charge in [0.2, 0.25) is 5.82 Å². The van der Waals surface area contributed by atoms with E-state index in [1.54, 1.807) is 0 Å². The number of nitrogens with one attached hydrogen (secondary N) is 2. The van der Waals surface area contributed by atoms with Gasteiger partial charge in [-0.15, -0.1) is 22.6 Å². The van der Waals surface area contributed by atoms with Crippen LogP contribution in [0.5, 0.6) is 0 Å². The first-order chi connectivity index (χ1) is 12.4. The van der Waals surface area contributed by atoms with Crippen LogP contribution in [-0.4, -0.2) is 26.7 Å². The van der Waals surface area contributed by atoms with Crippen molar-refractivity contribution in [3.05, 3.63) is 65.7 Å². The molecule has 6 heteroatoms. The molecule has 1 atom stereocenters. The average molecular weight is 370 g/mol. The Balaban J connectivity index is 0.00000196. The molecule has 1 unspecified atom stereocenters. The molecule has 0 aliphatic heterocycles. The minimum atomic E-state index is 0. The number of aromatic amines is 1. The van der Waals surface area contributed by atoms with Crippen LogP contribution in [0, 0.1) is 0 Å². The number of tetrazole rings is 1. The van der Waals surface area contributed by atoms with E-state index in [1.807, 2.05) is 0 Å². The lowest BCUT2D eigenvalue weighted by Gasteiger charge is -2.29. The van der Waals surface area contributed by atoms with Gasteiger partial charge in [-0.3, -0.25) is 0 Å². The van der Waals surface area contributed by atoms with Gasteiger partial charge in [-0.2, -0.15) is 5.21 Å². The number of hydrogen-bond donors (Lipinski definition) is 2. The van der Waals surface area contributed by atoms with Gasteiger partial charge in [0.05, 0.1) is 6.04 Å². The average Bonchev–Trinajstić information content (AvgIpc) is 3.23. The van der Waals surface area contributed by atoms with Gasteiger partial charge in [0.25, 0.3) is 0 Å². The van der Waals surface area contributed by atoms with Gasteiger partial charge >= 0.3 is 0 Å². The second kappa shape index (κ2) is 8.92. The van der Waals surface area contributed by atoms with Crippen molar-refractivity contribution in [2.45, 2.75) is 44.2 Å². The zero-order valence-electron chi connectivity index (χ0n) is 14.6. The first-order valence-electron chi connectivity index (χ1n) is 9.05. The largest absolute Gasteiger partial charge is 0.303 e. The quantitative estimate of drug-likeness (QED) is 0.703. The number of hydrogen-bond acceptors (Lipinski definition) is 4. The van der Waals surface area contributed by atoms with Crippen LogP contribution in [-0.2, 0) is 0 Å². The van der Waals surface area contributed by atoms with E-state index in [0.717, 1.165) is 5.56 Å². The third kappa shape index (κ3) is 4.29. The summed E-state index contributed by atoms with van der Waals surface area (Å²) in [6, 6.07) is 20.0. The number of aromatic nitrogens is 4. The summed E-state index contributed by atoms with van der Waals surface area (Å²) in [7, 11) is 0. The Morgan fingerprint density at radius 1 is 0.885 bits per heavy atom. The molecule has 136 valence electrons. The van der Waals surface area contributed by atoms with Crippen molar-refractivity contribution >= 4 is 12.4 Å². The van der Waals surface area contributed by atoms with Crippen LogP contribution in [0.25, 0.3) is 11.4 Å². The van der Waals surface area contributed by atoms with Crippen LogP contribution in [0.2, 0.25) is 0 Å². The first-order valence-corrected chi connectivity index (χ1v) is 9.05. The van der Waals surface area contributed by atoms with Crippen LogP contribution in [0.3, 0.4) is 0 Å². The Hall–Kier alpha value is -2.24. The van der Waals surface area contributed by atoms with Crippen molar-refractivity contribution in [3.63, 3.8) is 0 Å². The van der Waals surface area contributed by atoms with Crippen molar-refractivity contribution in [2.75, 3.05) is 0 Å². The third-order valence-electron chi connectivity index (χ3n) is 4.99. The second-order valence-electron chi connectivity index (χ2n) is 6.70. The van der Waals surface area contributed by atoms with Gasteiger partial charge < -0.3 is 5.32 Å². The molecule has 1 saturated carbocycles. The van der Waals surface area contributed by atoms with Crippen molar-refractivity contribution < 1.29 is 0 Å². The molecule has 0 saturated heterocycles. The van der Waals surface area contributed by atoms with Crippen molar-refractivity contribution in [2.24, 2.45) is 0 Å². The van der Waals surface area contributed by atoms with Crippen LogP contribution in [0.4, 0.5) is 0 Å². The molecular weight excluding hydrogens is 346 g/mol. The van der Waals surface area contributed by atoms with Crippen molar-refractivity contribution in [3.8, 4) is 11.4 Å². The van der Waals surface area contributed by atoms with Crippen LogP contribution in [0.15, 0.2) is 54.6 Å². The first kappa shape index (κ1) is 18.5. The van der Waals surface area contributed by atoms with E-state index in [2.05, 4.69) is 80.5 Å². The van der Waals surface area contributed by atoms with Gasteiger partial charge in [0, 0.05) is 11.6 Å². The molecule has 2 N–H and O–H groups in total. The molecule has 1 fully saturated rings. The fraction of sp³-hybridized carbons (Fsp3) is 0.350. The highest BCUT2D eigenvalue weighted by atomic mass is 35.5. The van der Waals surface area contributed by atoms with Gasteiger partial charge in [-0.1, -0.05) is 73.9 Å². The van der Waals surface area contributed by atoms with Crippen molar-refractivity contribution in [1.82, 2.24) is 25.9 Å². The summed E-state index contributed by atoms with van der Waals surface area (Å²) in [6.45, 7) is 0. The minimum Gasteiger partial charge on any atom is -0.303 e.